The van der Waals surface area contributed by atoms with E-state index in [1.807, 2.05) is 39.0 Å². The first kappa shape index (κ1) is 33.4. The summed E-state index contributed by atoms with van der Waals surface area (Å²) in [5.74, 6) is 0.177. The molecule has 0 spiro atoms. The first-order valence-corrected chi connectivity index (χ1v) is 14.4. The number of esters is 1. The van der Waals surface area contributed by atoms with Crippen LogP contribution in [0.15, 0.2) is 18.2 Å². The van der Waals surface area contributed by atoms with Crippen molar-refractivity contribution in [3.05, 3.63) is 23.8 Å². The maximum atomic E-state index is 13.3. The van der Waals surface area contributed by atoms with Crippen LogP contribution in [-0.2, 0) is 23.8 Å². The van der Waals surface area contributed by atoms with Crippen molar-refractivity contribution in [2.45, 2.75) is 98.8 Å². The minimum Gasteiger partial charge on any atom is -0.491 e. The third-order valence-electron chi connectivity index (χ3n) is 7.12. The number of hydrogen-bond acceptors (Lipinski definition) is 7. The summed E-state index contributed by atoms with van der Waals surface area (Å²) in [5, 5.41) is 5.97. The van der Waals surface area contributed by atoms with E-state index in [0.29, 0.717) is 37.5 Å². The number of benzene rings is 1. The third kappa shape index (κ3) is 11.0. The lowest BCUT2D eigenvalue weighted by Gasteiger charge is -2.31. The van der Waals surface area contributed by atoms with Crippen molar-refractivity contribution < 1.29 is 33.3 Å². The number of rotatable bonds is 14. The topological polar surface area (TPSA) is 112 Å². The molecule has 0 bridgehead atoms. The maximum Gasteiger partial charge on any atom is 0.408 e. The van der Waals surface area contributed by atoms with Gasteiger partial charge in [0.1, 0.15) is 17.5 Å². The van der Waals surface area contributed by atoms with Crippen molar-refractivity contribution in [2.75, 3.05) is 25.6 Å². The summed E-state index contributed by atoms with van der Waals surface area (Å²) in [6.07, 6.45) is 0.894. The number of nitrogens with one attached hydrogen (secondary N) is 2. The fourth-order valence-corrected chi connectivity index (χ4v) is 4.78. The number of cyclic esters (lactones) is 1. The molecule has 9 heteroatoms. The molecule has 1 aromatic carbocycles. The second-order valence-corrected chi connectivity index (χ2v) is 12.5. The molecule has 0 radical (unpaired) electrons. The number of carbonyl (C=O) groups excluding carboxylic acids is 3. The van der Waals surface area contributed by atoms with Gasteiger partial charge in [-0.3, -0.25) is 9.59 Å². The van der Waals surface area contributed by atoms with Gasteiger partial charge in [-0.15, -0.1) is 0 Å². The Kier molecular flexibility index (Phi) is 12.7. The number of ether oxygens (including phenoxy) is 4. The van der Waals surface area contributed by atoms with E-state index in [2.05, 4.69) is 24.5 Å². The smallest absolute Gasteiger partial charge is 0.408 e. The van der Waals surface area contributed by atoms with E-state index in [1.54, 1.807) is 27.9 Å². The number of methoxy groups -OCH3 is 1. The van der Waals surface area contributed by atoms with E-state index in [1.165, 1.54) is 0 Å². The number of carbonyl (C=O) groups is 3. The van der Waals surface area contributed by atoms with E-state index in [0.717, 1.165) is 12.0 Å². The van der Waals surface area contributed by atoms with E-state index in [9.17, 15) is 14.4 Å². The Balaban J connectivity index is 2.17. The molecule has 1 saturated heterocycles. The average Bonchev–Trinajstić information content (AvgIpc) is 3.23. The summed E-state index contributed by atoms with van der Waals surface area (Å²) in [6, 6.07) is 5.20. The lowest BCUT2D eigenvalue weighted by molar-refractivity contribution is -0.146. The average molecular weight is 563 g/mol. The van der Waals surface area contributed by atoms with Crippen LogP contribution in [-0.4, -0.2) is 56.0 Å². The first-order valence-electron chi connectivity index (χ1n) is 14.4. The summed E-state index contributed by atoms with van der Waals surface area (Å²) in [5.41, 5.74) is 0.973. The number of hydrogen-bond donors (Lipinski definition) is 2. The van der Waals surface area contributed by atoms with E-state index < -0.39 is 23.8 Å². The molecule has 9 nitrogen and oxygen atoms in total. The Morgan fingerprint density at radius 2 is 1.82 bits per heavy atom. The second-order valence-electron chi connectivity index (χ2n) is 12.5. The highest BCUT2D eigenvalue weighted by Gasteiger charge is 2.42. The van der Waals surface area contributed by atoms with Gasteiger partial charge in [0, 0.05) is 26.6 Å². The Labute approximate surface area is 240 Å². The number of amides is 2. The third-order valence-corrected chi connectivity index (χ3v) is 7.12. The van der Waals surface area contributed by atoms with Crippen LogP contribution < -0.4 is 15.4 Å². The molecule has 1 fully saturated rings. The van der Waals surface area contributed by atoms with Crippen LogP contribution in [0, 0.1) is 30.6 Å². The zero-order valence-corrected chi connectivity index (χ0v) is 25.8. The minimum atomic E-state index is -0.670. The van der Waals surface area contributed by atoms with Crippen molar-refractivity contribution in [3.8, 4) is 5.75 Å². The molecule has 0 unspecified atom stereocenters. The molecule has 1 aliphatic heterocycles. The van der Waals surface area contributed by atoms with E-state index in [4.69, 9.17) is 18.9 Å². The van der Waals surface area contributed by atoms with Gasteiger partial charge in [-0.25, -0.2) is 4.79 Å². The van der Waals surface area contributed by atoms with Gasteiger partial charge in [-0.1, -0.05) is 33.8 Å². The van der Waals surface area contributed by atoms with Crippen molar-refractivity contribution in [2.24, 2.45) is 23.7 Å². The second kappa shape index (κ2) is 15.3. The van der Waals surface area contributed by atoms with Gasteiger partial charge >= 0.3 is 12.1 Å². The molecule has 2 amide bonds. The molecule has 4 atom stereocenters. The molecule has 1 heterocycles. The number of alkyl carbamates (subject to hydrolysis) is 1. The standard InChI is InChI=1S/C31H50N2O7/c1-19(2)22(17-28(34)32-24-12-11-21(5)15-26(24)38-14-10-13-37-9)16-25(33-30(36)40-31(6,7)8)27-18-23(20(3)4)29(35)39-27/h11-12,15,19-20,22-23,25,27H,10,13-14,16-18H2,1-9H3,(H,32,34)(H,33,36)/t22-,23+,25+,27+/m1/s1. The lowest BCUT2D eigenvalue weighted by atomic mass is 9.83. The summed E-state index contributed by atoms with van der Waals surface area (Å²) in [6.45, 7) is 16.5. The summed E-state index contributed by atoms with van der Waals surface area (Å²) in [7, 11) is 1.65. The highest BCUT2D eigenvalue weighted by molar-refractivity contribution is 5.92. The molecule has 1 aromatic rings. The Morgan fingerprint density at radius 3 is 2.40 bits per heavy atom. The van der Waals surface area contributed by atoms with Crippen molar-refractivity contribution in [3.63, 3.8) is 0 Å². The Morgan fingerprint density at radius 1 is 1.12 bits per heavy atom. The summed E-state index contributed by atoms with van der Waals surface area (Å²) >= 11 is 0. The van der Waals surface area contributed by atoms with Gasteiger partial charge in [0.25, 0.3) is 0 Å². The molecule has 1 aliphatic rings. The van der Waals surface area contributed by atoms with Gasteiger partial charge in [0.05, 0.1) is 24.3 Å². The number of aryl methyl sites for hydroxylation is 1. The van der Waals surface area contributed by atoms with Crippen LogP contribution in [0.5, 0.6) is 5.75 Å². The Hall–Kier alpha value is -2.81. The zero-order valence-electron chi connectivity index (χ0n) is 25.8. The van der Waals surface area contributed by atoms with Gasteiger partial charge in [-0.2, -0.15) is 0 Å². The fourth-order valence-electron chi connectivity index (χ4n) is 4.78. The summed E-state index contributed by atoms with van der Waals surface area (Å²) < 4.78 is 22.3. The predicted molar refractivity (Wildman–Crippen MR) is 155 cm³/mol. The molecule has 0 saturated carbocycles. The minimum absolute atomic E-state index is 0.0896. The van der Waals surface area contributed by atoms with Crippen LogP contribution >= 0.6 is 0 Å². The zero-order chi connectivity index (χ0) is 30.0. The van der Waals surface area contributed by atoms with Crippen molar-refractivity contribution in [1.82, 2.24) is 5.32 Å². The molecule has 0 aromatic heterocycles. The molecule has 226 valence electrons. The fraction of sp³-hybridized carbons (Fsp3) is 0.710. The normalized spacial score (nSPS) is 18.8. The van der Waals surface area contributed by atoms with Crippen molar-refractivity contribution in [1.29, 1.82) is 0 Å². The van der Waals surface area contributed by atoms with Crippen LogP contribution in [0.4, 0.5) is 10.5 Å². The molecular weight excluding hydrogens is 512 g/mol. The van der Waals surface area contributed by atoms with Gasteiger partial charge in [0.15, 0.2) is 0 Å². The SMILES string of the molecule is COCCCOc1cc(C)ccc1NC(=O)C[C@@H](C[C@H](NC(=O)OC(C)(C)C)[C@@H]1C[C@@H](C(C)C)C(=O)O1)C(C)C. The predicted octanol–water partition coefficient (Wildman–Crippen LogP) is 5.88. The monoisotopic (exact) mass is 562 g/mol. The molecule has 40 heavy (non-hydrogen) atoms. The Bertz CT molecular complexity index is 986. The molecule has 0 aliphatic carbocycles. The van der Waals surface area contributed by atoms with Gasteiger partial charge in [0.2, 0.25) is 5.91 Å². The van der Waals surface area contributed by atoms with Crippen LogP contribution in [0.25, 0.3) is 0 Å². The molecule has 2 N–H and O–H groups in total. The molecular formula is C31H50N2O7. The highest BCUT2D eigenvalue weighted by Crippen LogP contribution is 2.33. The maximum absolute atomic E-state index is 13.3. The quantitative estimate of drug-likeness (QED) is 0.215. The molecule has 2 rings (SSSR count). The largest absolute Gasteiger partial charge is 0.491 e. The van der Waals surface area contributed by atoms with Gasteiger partial charge in [-0.05, 0) is 76.0 Å². The van der Waals surface area contributed by atoms with Crippen molar-refractivity contribution >= 4 is 23.7 Å². The van der Waals surface area contributed by atoms with Crippen LogP contribution in [0.2, 0.25) is 0 Å². The highest BCUT2D eigenvalue weighted by atomic mass is 16.6. The van der Waals surface area contributed by atoms with Crippen LogP contribution in [0.1, 0.15) is 79.7 Å². The lowest BCUT2D eigenvalue weighted by Crippen LogP contribution is -2.47. The van der Waals surface area contributed by atoms with Crippen LogP contribution in [0.3, 0.4) is 0 Å². The summed E-state index contributed by atoms with van der Waals surface area (Å²) in [4.78, 5) is 38.6. The van der Waals surface area contributed by atoms with Gasteiger partial charge < -0.3 is 29.6 Å². The number of anilines is 1. The van der Waals surface area contributed by atoms with E-state index >= 15 is 0 Å². The van der Waals surface area contributed by atoms with E-state index in [-0.39, 0.29) is 42.0 Å². The first-order chi connectivity index (χ1) is 18.7.